The number of rotatable bonds is 4. The van der Waals surface area contributed by atoms with Gasteiger partial charge in [0.25, 0.3) is 0 Å². The zero-order chi connectivity index (χ0) is 12.8. The molecule has 0 saturated carbocycles. The second-order valence-electron chi connectivity index (χ2n) is 4.85. The Labute approximate surface area is 109 Å². The van der Waals surface area contributed by atoms with Gasteiger partial charge in [0.05, 0.1) is 0 Å². The molecule has 3 heteroatoms. The number of hydrogen-bond acceptors (Lipinski definition) is 3. The van der Waals surface area contributed by atoms with Crippen LogP contribution in [0.25, 0.3) is 6.08 Å². The molecule has 2 rings (SSSR count). The molecule has 18 heavy (non-hydrogen) atoms. The highest BCUT2D eigenvalue weighted by atomic mass is 16.5. The van der Waals surface area contributed by atoms with Gasteiger partial charge in [-0.2, -0.15) is 0 Å². The molecule has 1 atom stereocenters. The van der Waals surface area contributed by atoms with Gasteiger partial charge in [0.2, 0.25) is 0 Å². The van der Waals surface area contributed by atoms with E-state index in [4.69, 9.17) is 10.5 Å². The zero-order valence-corrected chi connectivity index (χ0v) is 11.0. The third kappa shape index (κ3) is 3.86. The van der Waals surface area contributed by atoms with Crippen LogP contribution in [0.4, 0.5) is 0 Å². The first kappa shape index (κ1) is 13.1. The summed E-state index contributed by atoms with van der Waals surface area (Å²) < 4.78 is 6.04. The number of benzene rings is 1. The molecule has 1 aromatic carbocycles. The van der Waals surface area contributed by atoms with Crippen molar-refractivity contribution in [3.8, 4) is 5.75 Å². The van der Waals surface area contributed by atoms with Crippen molar-refractivity contribution < 1.29 is 4.74 Å². The van der Waals surface area contributed by atoms with Crippen molar-refractivity contribution in [3.63, 3.8) is 0 Å². The average Bonchev–Trinajstić information content (AvgIpc) is 2.37. The highest BCUT2D eigenvalue weighted by Crippen LogP contribution is 2.19. The molecule has 0 radical (unpaired) electrons. The maximum atomic E-state index is 6.04. The van der Waals surface area contributed by atoms with Crippen LogP contribution < -0.4 is 10.5 Å². The molecule has 0 aromatic heterocycles. The van der Waals surface area contributed by atoms with Crippen LogP contribution in [0.3, 0.4) is 0 Å². The summed E-state index contributed by atoms with van der Waals surface area (Å²) in [5, 5.41) is 0. The van der Waals surface area contributed by atoms with Crippen molar-refractivity contribution in [3.05, 3.63) is 35.9 Å². The number of ether oxygens (including phenoxy) is 1. The summed E-state index contributed by atoms with van der Waals surface area (Å²) >= 11 is 0. The molecule has 1 saturated heterocycles. The summed E-state index contributed by atoms with van der Waals surface area (Å²) in [4.78, 5) is 2.33. The van der Waals surface area contributed by atoms with Gasteiger partial charge in [0.1, 0.15) is 11.9 Å². The number of hydrogen-bond donors (Lipinski definition) is 1. The van der Waals surface area contributed by atoms with Crippen LogP contribution in [0.1, 0.15) is 18.4 Å². The number of likely N-dealkylation sites (tertiary alicyclic amines) is 1. The lowest BCUT2D eigenvalue weighted by Crippen LogP contribution is -2.38. The SMILES string of the molecule is CN1CCCC(Oc2cccc(/C=C/CN)c2)C1. The Morgan fingerprint density at radius 2 is 2.39 bits per heavy atom. The van der Waals surface area contributed by atoms with Crippen LogP contribution >= 0.6 is 0 Å². The van der Waals surface area contributed by atoms with E-state index >= 15 is 0 Å². The van der Waals surface area contributed by atoms with Gasteiger partial charge in [0, 0.05) is 13.1 Å². The molecule has 1 heterocycles. The van der Waals surface area contributed by atoms with Gasteiger partial charge >= 0.3 is 0 Å². The molecule has 1 fully saturated rings. The molecule has 1 aromatic rings. The summed E-state index contributed by atoms with van der Waals surface area (Å²) in [5.41, 5.74) is 6.60. The van der Waals surface area contributed by atoms with Gasteiger partial charge in [-0.25, -0.2) is 0 Å². The Balaban J connectivity index is 1.98. The minimum absolute atomic E-state index is 0.317. The van der Waals surface area contributed by atoms with E-state index in [1.807, 2.05) is 24.3 Å². The predicted octanol–water partition coefficient (Wildman–Crippen LogP) is 2.13. The van der Waals surface area contributed by atoms with Crippen molar-refractivity contribution >= 4 is 6.08 Å². The largest absolute Gasteiger partial charge is 0.489 e. The monoisotopic (exact) mass is 246 g/mol. The fraction of sp³-hybridized carbons (Fsp3) is 0.467. The second-order valence-corrected chi connectivity index (χ2v) is 4.85. The van der Waals surface area contributed by atoms with Crippen LogP contribution in [-0.4, -0.2) is 37.7 Å². The quantitative estimate of drug-likeness (QED) is 0.884. The molecule has 98 valence electrons. The number of nitrogens with two attached hydrogens (primary N) is 1. The molecular formula is C15H22N2O. The van der Waals surface area contributed by atoms with Crippen LogP contribution in [0.15, 0.2) is 30.3 Å². The van der Waals surface area contributed by atoms with E-state index in [1.165, 1.54) is 13.0 Å². The van der Waals surface area contributed by atoms with Crippen LogP contribution in [-0.2, 0) is 0 Å². The Kier molecular flexibility index (Phi) is 4.79. The minimum Gasteiger partial charge on any atom is -0.489 e. The molecule has 0 amide bonds. The van der Waals surface area contributed by atoms with E-state index in [1.54, 1.807) is 0 Å². The topological polar surface area (TPSA) is 38.5 Å². The normalized spacial score (nSPS) is 21.3. The third-order valence-corrected chi connectivity index (χ3v) is 3.19. The summed E-state index contributed by atoms with van der Waals surface area (Å²) in [6.45, 7) is 2.76. The lowest BCUT2D eigenvalue weighted by Gasteiger charge is -2.30. The summed E-state index contributed by atoms with van der Waals surface area (Å²) in [7, 11) is 2.15. The summed E-state index contributed by atoms with van der Waals surface area (Å²) in [6, 6.07) is 8.18. The third-order valence-electron chi connectivity index (χ3n) is 3.19. The fourth-order valence-corrected chi connectivity index (χ4v) is 2.30. The number of piperidine rings is 1. The Hall–Kier alpha value is -1.32. The smallest absolute Gasteiger partial charge is 0.120 e. The van der Waals surface area contributed by atoms with E-state index < -0.39 is 0 Å². The molecule has 3 nitrogen and oxygen atoms in total. The van der Waals surface area contributed by atoms with Gasteiger partial charge in [-0.15, -0.1) is 0 Å². The van der Waals surface area contributed by atoms with Gasteiger partial charge in [-0.3, -0.25) is 0 Å². The molecular weight excluding hydrogens is 224 g/mol. The van der Waals surface area contributed by atoms with E-state index in [9.17, 15) is 0 Å². The van der Waals surface area contributed by atoms with Crippen molar-refractivity contribution in [2.45, 2.75) is 18.9 Å². The highest BCUT2D eigenvalue weighted by Gasteiger charge is 2.18. The molecule has 0 aliphatic carbocycles. The average molecular weight is 246 g/mol. The van der Waals surface area contributed by atoms with Gasteiger partial charge in [-0.1, -0.05) is 24.3 Å². The molecule has 0 spiro atoms. The van der Waals surface area contributed by atoms with Gasteiger partial charge in [0.15, 0.2) is 0 Å². The van der Waals surface area contributed by atoms with Crippen LogP contribution in [0.2, 0.25) is 0 Å². The van der Waals surface area contributed by atoms with Crippen LogP contribution in [0, 0.1) is 0 Å². The van der Waals surface area contributed by atoms with E-state index in [-0.39, 0.29) is 0 Å². The lowest BCUT2D eigenvalue weighted by atomic mass is 10.1. The van der Waals surface area contributed by atoms with E-state index in [0.717, 1.165) is 24.3 Å². The standard InChI is InChI=1S/C15H22N2O/c1-17-10-4-8-15(12-17)18-14-7-2-5-13(11-14)6-3-9-16/h2-3,5-7,11,15H,4,8-10,12,16H2,1H3/b6-3+. The maximum absolute atomic E-state index is 6.04. The summed E-state index contributed by atoms with van der Waals surface area (Å²) in [5.74, 6) is 0.953. The molecule has 0 bridgehead atoms. The second kappa shape index (κ2) is 6.57. The van der Waals surface area contributed by atoms with Crippen molar-refractivity contribution in [1.29, 1.82) is 0 Å². The maximum Gasteiger partial charge on any atom is 0.120 e. The molecule has 1 unspecified atom stereocenters. The molecule has 1 aliphatic heterocycles. The minimum atomic E-state index is 0.317. The van der Waals surface area contributed by atoms with E-state index in [0.29, 0.717) is 12.6 Å². The highest BCUT2D eigenvalue weighted by molar-refractivity contribution is 5.51. The van der Waals surface area contributed by atoms with Gasteiger partial charge in [-0.05, 0) is 44.1 Å². The van der Waals surface area contributed by atoms with E-state index in [2.05, 4.69) is 24.1 Å². The number of nitrogens with zero attached hydrogens (tertiary/aromatic N) is 1. The van der Waals surface area contributed by atoms with Crippen LogP contribution in [0.5, 0.6) is 5.75 Å². The predicted molar refractivity (Wildman–Crippen MR) is 75.7 cm³/mol. The van der Waals surface area contributed by atoms with Gasteiger partial charge < -0.3 is 15.4 Å². The first-order valence-corrected chi connectivity index (χ1v) is 6.60. The van der Waals surface area contributed by atoms with Crippen molar-refractivity contribution in [2.75, 3.05) is 26.7 Å². The fourth-order valence-electron chi connectivity index (χ4n) is 2.30. The molecule has 1 aliphatic rings. The summed E-state index contributed by atoms with van der Waals surface area (Å²) in [6.07, 6.45) is 6.66. The first-order chi connectivity index (χ1) is 8.78. The lowest BCUT2D eigenvalue weighted by molar-refractivity contribution is 0.104. The zero-order valence-electron chi connectivity index (χ0n) is 11.0. The first-order valence-electron chi connectivity index (χ1n) is 6.60. The Bertz CT molecular complexity index is 403. The van der Waals surface area contributed by atoms with Crippen molar-refractivity contribution in [1.82, 2.24) is 4.90 Å². The molecule has 2 N–H and O–H groups in total. The Morgan fingerprint density at radius 3 is 3.17 bits per heavy atom. The Morgan fingerprint density at radius 1 is 1.50 bits per heavy atom. The number of likely N-dealkylation sites (N-methyl/N-ethyl adjacent to an activating group) is 1. The van der Waals surface area contributed by atoms with Crippen molar-refractivity contribution in [2.24, 2.45) is 5.73 Å².